The van der Waals surface area contributed by atoms with Gasteiger partial charge in [-0.2, -0.15) is 0 Å². The number of oxazole rings is 1. The van der Waals surface area contributed by atoms with Crippen LogP contribution in [0.3, 0.4) is 0 Å². The maximum Gasteiger partial charge on any atom is 0.227 e. The van der Waals surface area contributed by atoms with E-state index in [0.29, 0.717) is 5.89 Å². The van der Waals surface area contributed by atoms with Crippen LogP contribution in [0.5, 0.6) is 0 Å². The van der Waals surface area contributed by atoms with E-state index in [9.17, 15) is 0 Å². The number of anilines is 2. The molecule has 5 aromatic rings. The largest absolute Gasteiger partial charge is 0.434 e. The first-order chi connectivity index (χ1) is 13.9. The zero-order chi connectivity index (χ0) is 18.8. The molecule has 5 rings (SSSR count). The van der Waals surface area contributed by atoms with Crippen LogP contribution in [0.1, 0.15) is 0 Å². The van der Waals surface area contributed by atoms with Gasteiger partial charge in [0.1, 0.15) is 5.52 Å². The molecule has 0 saturated heterocycles. The van der Waals surface area contributed by atoms with Crippen molar-refractivity contribution in [1.82, 2.24) is 4.98 Å². The van der Waals surface area contributed by atoms with Gasteiger partial charge < -0.3 is 9.73 Å². The first-order valence-electron chi connectivity index (χ1n) is 9.25. The first-order valence-corrected chi connectivity index (χ1v) is 9.25. The second kappa shape index (κ2) is 7.05. The van der Waals surface area contributed by atoms with E-state index in [-0.39, 0.29) is 0 Å². The molecule has 0 atom stereocenters. The van der Waals surface area contributed by atoms with E-state index in [1.165, 1.54) is 5.56 Å². The van der Waals surface area contributed by atoms with Crippen LogP contribution in [-0.4, -0.2) is 4.98 Å². The van der Waals surface area contributed by atoms with Crippen LogP contribution in [-0.2, 0) is 0 Å². The molecule has 1 N–H and O–H groups in total. The normalized spacial score (nSPS) is 10.9. The van der Waals surface area contributed by atoms with Gasteiger partial charge in [-0.05, 0) is 35.9 Å². The lowest BCUT2D eigenvalue weighted by atomic mass is 10.0. The van der Waals surface area contributed by atoms with Gasteiger partial charge in [-0.25, -0.2) is 4.98 Å². The Morgan fingerprint density at radius 1 is 0.571 bits per heavy atom. The molecule has 0 spiro atoms. The average Bonchev–Trinajstić information content (AvgIpc) is 3.21. The van der Waals surface area contributed by atoms with Gasteiger partial charge in [0.15, 0.2) is 5.58 Å². The number of fused-ring (bicyclic) bond motifs is 1. The van der Waals surface area contributed by atoms with Crippen LogP contribution >= 0.6 is 0 Å². The standard InChI is InChI=1S/C25H18N2O/c1-3-10-18(11-4-1)20-14-7-8-15-21(20)26-22-16-9-17-23-24(22)28-25(27-23)19-12-5-2-6-13-19/h1-17,26H. The Kier molecular flexibility index (Phi) is 4.11. The zero-order valence-electron chi connectivity index (χ0n) is 15.2. The SMILES string of the molecule is c1ccc(-c2nc3cccc(Nc4ccccc4-c4ccccc4)c3o2)cc1. The highest BCUT2D eigenvalue weighted by Gasteiger charge is 2.13. The van der Waals surface area contributed by atoms with Gasteiger partial charge in [0, 0.05) is 16.8 Å². The number of para-hydroxylation sites is 2. The summed E-state index contributed by atoms with van der Waals surface area (Å²) in [7, 11) is 0. The average molecular weight is 362 g/mol. The van der Waals surface area contributed by atoms with Gasteiger partial charge in [0.2, 0.25) is 5.89 Å². The molecular weight excluding hydrogens is 344 g/mol. The van der Waals surface area contributed by atoms with Crippen molar-refractivity contribution in [2.75, 3.05) is 5.32 Å². The van der Waals surface area contributed by atoms with Crippen LogP contribution < -0.4 is 5.32 Å². The van der Waals surface area contributed by atoms with Crippen molar-refractivity contribution in [3.63, 3.8) is 0 Å². The third-order valence-electron chi connectivity index (χ3n) is 4.72. The topological polar surface area (TPSA) is 38.1 Å². The maximum absolute atomic E-state index is 6.13. The number of aromatic nitrogens is 1. The number of hydrogen-bond acceptors (Lipinski definition) is 3. The first kappa shape index (κ1) is 16.3. The Morgan fingerprint density at radius 3 is 2.00 bits per heavy atom. The molecule has 0 radical (unpaired) electrons. The molecule has 1 aromatic heterocycles. The highest BCUT2D eigenvalue weighted by atomic mass is 16.3. The van der Waals surface area contributed by atoms with E-state index in [4.69, 9.17) is 4.42 Å². The van der Waals surface area contributed by atoms with E-state index in [1.807, 2.05) is 60.7 Å². The van der Waals surface area contributed by atoms with E-state index < -0.39 is 0 Å². The lowest BCUT2D eigenvalue weighted by Gasteiger charge is -2.12. The number of nitrogens with one attached hydrogen (secondary N) is 1. The molecular formula is C25H18N2O. The minimum atomic E-state index is 0.626. The highest BCUT2D eigenvalue weighted by molar-refractivity contribution is 5.92. The summed E-state index contributed by atoms with van der Waals surface area (Å²) in [6, 6.07) is 34.6. The van der Waals surface area contributed by atoms with E-state index >= 15 is 0 Å². The summed E-state index contributed by atoms with van der Waals surface area (Å²) >= 11 is 0. The third-order valence-corrected chi connectivity index (χ3v) is 4.72. The molecule has 0 unspecified atom stereocenters. The summed E-state index contributed by atoms with van der Waals surface area (Å²) in [5.74, 6) is 0.626. The fraction of sp³-hybridized carbons (Fsp3) is 0. The molecule has 0 aliphatic carbocycles. The molecule has 4 aromatic carbocycles. The summed E-state index contributed by atoms with van der Waals surface area (Å²) in [5, 5.41) is 3.55. The van der Waals surface area contributed by atoms with Gasteiger partial charge >= 0.3 is 0 Å². The molecule has 1 heterocycles. The second-order valence-electron chi connectivity index (χ2n) is 6.58. The van der Waals surface area contributed by atoms with Gasteiger partial charge in [-0.15, -0.1) is 0 Å². The minimum Gasteiger partial charge on any atom is -0.434 e. The Bertz CT molecular complexity index is 1230. The Labute approximate surface area is 163 Å². The molecule has 0 aliphatic heterocycles. The number of rotatable bonds is 4. The smallest absolute Gasteiger partial charge is 0.227 e. The second-order valence-corrected chi connectivity index (χ2v) is 6.58. The molecule has 28 heavy (non-hydrogen) atoms. The van der Waals surface area contributed by atoms with Crippen molar-refractivity contribution >= 4 is 22.5 Å². The van der Waals surface area contributed by atoms with Crippen LogP contribution in [0.2, 0.25) is 0 Å². The summed E-state index contributed by atoms with van der Waals surface area (Å²) in [6.45, 7) is 0. The predicted molar refractivity (Wildman–Crippen MR) is 115 cm³/mol. The van der Waals surface area contributed by atoms with E-state index in [2.05, 4.69) is 52.8 Å². The summed E-state index contributed by atoms with van der Waals surface area (Å²) in [4.78, 5) is 4.66. The highest BCUT2D eigenvalue weighted by Crippen LogP contribution is 2.34. The van der Waals surface area contributed by atoms with Crippen molar-refractivity contribution in [1.29, 1.82) is 0 Å². The molecule has 0 aliphatic rings. The monoisotopic (exact) mass is 362 g/mol. The van der Waals surface area contributed by atoms with E-state index in [1.54, 1.807) is 0 Å². The number of hydrogen-bond donors (Lipinski definition) is 1. The minimum absolute atomic E-state index is 0.626. The lowest BCUT2D eigenvalue weighted by molar-refractivity contribution is 0.621. The summed E-state index contributed by atoms with van der Waals surface area (Å²) < 4.78 is 6.13. The summed E-state index contributed by atoms with van der Waals surface area (Å²) in [5.41, 5.74) is 6.79. The number of nitrogens with zero attached hydrogens (tertiary/aromatic N) is 1. The molecule has 0 amide bonds. The van der Waals surface area contributed by atoms with Crippen LogP contribution in [0.15, 0.2) is 108 Å². The third kappa shape index (κ3) is 3.03. The van der Waals surface area contributed by atoms with Crippen LogP contribution in [0.25, 0.3) is 33.7 Å². The maximum atomic E-state index is 6.13. The van der Waals surface area contributed by atoms with Crippen molar-refractivity contribution < 1.29 is 4.42 Å². The fourth-order valence-corrected chi connectivity index (χ4v) is 3.36. The van der Waals surface area contributed by atoms with Crippen molar-refractivity contribution in [2.24, 2.45) is 0 Å². The van der Waals surface area contributed by atoms with Gasteiger partial charge in [-0.1, -0.05) is 72.8 Å². The molecule has 0 saturated carbocycles. The molecule has 0 bridgehead atoms. The van der Waals surface area contributed by atoms with Crippen molar-refractivity contribution in [3.8, 4) is 22.6 Å². The van der Waals surface area contributed by atoms with Gasteiger partial charge in [-0.3, -0.25) is 0 Å². The lowest BCUT2D eigenvalue weighted by Crippen LogP contribution is -1.93. The van der Waals surface area contributed by atoms with Gasteiger partial charge in [0.05, 0.1) is 5.69 Å². The molecule has 134 valence electrons. The fourth-order valence-electron chi connectivity index (χ4n) is 3.36. The predicted octanol–water partition coefficient (Wildman–Crippen LogP) is 6.91. The Hall–Kier alpha value is -3.85. The van der Waals surface area contributed by atoms with Crippen molar-refractivity contribution in [3.05, 3.63) is 103 Å². The van der Waals surface area contributed by atoms with Crippen LogP contribution in [0, 0.1) is 0 Å². The van der Waals surface area contributed by atoms with Gasteiger partial charge in [0.25, 0.3) is 0 Å². The molecule has 0 fully saturated rings. The summed E-state index contributed by atoms with van der Waals surface area (Å²) in [6.07, 6.45) is 0. The van der Waals surface area contributed by atoms with Crippen LogP contribution in [0.4, 0.5) is 11.4 Å². The van der Waals surface area contributed by atoms with E-state index in [0.717, 1.165) is 33.6 Å². The Morgan fingerprint density at radius 2 is 1.21 bits per heavy atom. The Balaban J connectivity index is 1.58. The quantitative estimate of drug-likeness (QED) is 0.378. The molecule has 3 heteroatoms. The van der Waals surface area contributed by atoms with Crippen molar-refractivity contribution in [2.45, 2.75) is 0 Å². The number of benzene rings is 4. The zero-order valence-corrected chi connectivity index (χ0v) is 15.2. The molecule has 3 nitrogen and oxygen atoms in total.